The molecule has 21 heavy (non-hydrogen) atoms. The van der Waals surface area contributed by atoms with Crippen LogP contribution in [0.2, 0.25) is 0 Å². The van der Waals surface area contributed by atoms with E-state index < -0.39 is 5.97 Å². The molecule has 2 N–H and O–H groups in total. The summed E-state index contributed by atoms with van der Waals surface area (Å²) in [6, 6.07) is -0.0561. The second-order valence-corrected chi connectivity index (χ2v) is 6.26. The van der Waals surface area contributed by atoms with Gasteiger partial charge in [0.2, 0.25) is 0 Å². The first-order valence-electron chi connectivity index (χ1n) is 7.72. The molecule has 0 spiro atoms. The Balaban J connectivity index is 2.27. The number of aliphatic carboxylic acids is 1. The van der Waals surface area contributed by atoms with Crippen molar-refractivity contribution in [2.24, 2.45) is 5.92 Å². The summed E-state index contributed by atoms with van der Waals surface area (Å²) in [7, 11) is 0. The predicted octanol–water partition coefficient (Wildman–Crippen LogP) is 2.09. The van der Waals surface area contributed by atoms with E-state index in [0.717, 1.165) is 12.8 Å². The van der Waals surface area contributed by atoms with E-state index in [1.165, 1.54) is 0 Å². The zero-order chi connectivity index (χ0) is 15.9. The number of carboxylic acid groups (broad SMARTS) is 1. The Bertz CT molecular complexity index is 358. The van der Waals surface area contributed by atoms with Gasteiger partial charge in [0, 0.05) is 19.5 Å². The van der Waals surface area contributed by atoms with Crippen molar-refractivity contribution >= 4 is 12.0 Å². The number of hydrogen-bond donors (Lipinski definition) is 2. The van der Waals surface area contributed by atoms with Crippen molar-refractivity contribution in [1.29, 1.82) is 0 Å². The summed E-state index contributed by atoms with van der Waals surface area (Å²) in [6.45, 7) is 8.38. The Morgan fingerprint density at radius 3 is 2.67 bits per heavy atom. The smallest absolute Gasteiger partial charge is 0.317 e. The quantitative estimate of drug-likeness (QED) is 0.754. The van der Waals surface area contributed by atoms with Crippen molar-refractivity contribution in [2.45, 2.75) is 52.1 Å². The van der Waals surface area contributed by atoms with Gasteiger partial charge in [0.05, 0.1) is 18.8 Å². The zero-order valence-corrected chi connectivity index (χ0v) is 13.4. The standard InChI is InChI=1S/C15H28N2O4/c1-4-12(5-6-13(18)19)7-8-16-14(20)17-9-10-21-15(2,3)11-17/h12H,4-11H2,1-3H3,(H,16,20)(H,18,19). The number of hydrogen-bond acceptors (Lipinski definition) is 3. The van der Waals surface area contributed by atoms with Crippen LogP contribution in [-0.2, 0) is 9.53 Å². The second-order valence-electron chi connectivity index (χ2n) is 6.26. The number of morpholine rings is 1. The van der Waals surface area contributed by atoms with Crippen LogP contribution in [0.25, 0.3) is 0 Å². The molecule has 6 heteroatoms. The molecule has 6 nitrogen and oxygen atoms in total. The molecule has 122 valence electrons. The maximum atomic E-state index is 12.1. The van der Waals surface area contributed by atoms with E-state index in [0.29, 0.717) is 38.6 Å². The average molecular weight is 300 g/mol. The molecule has 0 bridgehead atoms. The fourth-order valence-corrected chi connectivity index (χ4v) is 2.57. The first kappa shape index (κ1) is 17.8. The highest BCUT2D eigenvalue weighted by atomic mass is 16.5. The molecule has 0 radical (unpaired) electrons. The fourth-order valence-electron chi connectivity index (χ4n) is 2.57. The van der Waals surface area contributed by atoms with Crippen LogP contribution in [0, 0.1) is 5.92 Å². The van der Waals surface area contributed by atoms with Crippen molar-refractivity contribution in [1.82, 2.24) is 10.2 Å². The lowest BCUT2D eigenvalue weighted by Crippen LogP contribution is -2.53. The van der Waals surface area contributed by atoms with Crippen molar-refractivity contribution in [3.05, 3.63) is 0 Å². The maximum absolute atomic E-state index is 12.1. The lowest BCUT2D eigenvalue weighted by atomic mass is 9.97. The maximum Gasteiger partial charge on any atom is 0.317 e. The van der Waals surface area contributed by atoms with Gasteiger partial charge >= 0.3 is 12.0 Å². The predicted molar refractivity (Wildman–Crippen MR) is 80.3 cm³/mol. The van der Waals surface area contributed by atoms with Crippen LogP contribution in [0.5, 0.6) is 0 Å². The number of nitrogens with zero attached hydrogens (tertiary/aromatic N) is 1. The minimum atomic E-state index is -0.756. The number of carbonyl (C=O) groups excluding carboxylic acids is 1. The normalized spacial score (nSPS) is 19.1. The SMILES string of the molecule is CCC(CCNC(=O)N1CCOC(C)(C)C1)CCC(=O)O. The molecule has 1 aliphatic rings. The Hall–Kier alpha value is -1.30. The molecule has 0 aromatic heterocycles. The highest BCUT2D eigenvalue weighted by molar-refractivity contribution is 5.74. The molecule has 0 aromatic rings. The molecular weight excluding hydrogens is 272 g/mol. The minimum absolute atomic E-state index is 0.0561. The van der Waals surface area contributed by atoms with Gasteiger partial charge in [-0.05, 0) is 32.6 Å². The third-order valence-corrected chi connectivity index (χ3v) is 3.89. The Morgan fingerprint density at radius 2 is 2.10 bits per heavy atom. The summed E-state index contributed by atoms with van der Waals surface area (Å²) in [5, 5.41) is 11.6. The van der Waals surface area contributed by atoms with E-state index in [1.54, 1.807) is 4.90 Å². The summed E-state index contributed by atoms with van der Waals surface area (Å²) < 4.78 is 5.58. The largest absolute Gasteiger partial charge is 0.481 e. The minimum Gasteiger partial charge on any atom is -0.481 e. The number of ether oxygens (including phenoxy) is 1. The van der Waals surface area contributed by atoms with Crippen molar-refractivity contribution in [3.8, 4) is 0 Å². The molecular formula is C15H28N2O4. The van der Waals surface area contributed by atoms with Crippen LogP contribution in [-0.4, -0.2) is 53.8 Å². The summed E-state index contributed by atoms with van der Waals surface area (Å²) in [6.07, 6.45) is 2.63. The molecule has 0 aliphatic carbocycles. The van der Waals surface area contributed by atoms with Gasteiger partial charge in [-0.3, -0.25) is 4.79 Å². The Labute approximate surface area is 126 Å². The first-order valence-corrected chi connectivity index (χ1v) is 7.72. The third kappa shape index (κ3) is 6.80. The van der Waals surface area contributed by atoms with Gasteiger partial charge in [0.1, 0.15) is 0 Å². The van der Waals surface area contributed by atoms with Crippen LogP contribution in [0.15, 0.2) is 0 Å². The van der Waals surface area contributed by atoms with Crippen LogP contribution < -0.4 is 5.32 Å². The van der Waals surface area contributed by atoms with Crippen molar-refractivity contribution in [2.75, 3.05) is 26.2 Å². The molecule has 0 saturated carbocycles. The molecule has 1 unspecified atom stereocenters. The van der Waals surface area contributed by atoms with Crippen molar-refractivity contribution in [3.63, 3.8) is 0 Å². The monoisotopic (exact) mass is 300 g/mol. The number of carboxylic acids is 1. The van der Waals surface area contributed by atoms with Crippen LogP contribution in [0.3, 0.4) is 0 Å². The van der Waals surface area contributed by atoms with Gasteiger partial charge < -0.3 is 20.1 Å². The van der Waals surface area contributed by atoms with Crippen LogP contribution in [0.1, 0.15) is 46.5 Å². The van der Waals surface area contributed by atoms with E-state index in [1.807, 2.05) is 13.8 Å². The molecule has 0 aromatic carbocycles. The van der Waals surface area contributed by atoms with Gasteiger partial charge in [0.25, 0.3) is 0 Å². The zero-order valence-electron chi connectivity index (χ0n) is 13.4. The second kappa shape index (κ2) is 8.22. The third-order valence-electron chi connectivity index (χ3n) is 3.89. The van der Waals surface area contributed by atoms with Gasteiger partial charge in [-0.1, -0.05) is 13.3 Å². The number of carbonyl (C=O) groups is 2. The van der Waals surface area contributed by atoms with E-state index in [4.69, 9.17) is 9.84 Å². The average Bonchev–Trinajstić information content (AvgIpc) is 2.41. The summed E-state index contributed by atoms with van der Waals surface area (Å²) in [5.74, 6) is -0.407. The van der Waals surface area contributed by atoms with E-state index in [-0.39, 0.29) is 18.1 Å². The number of amides is 2. The molecule has 2 amide bonds. The lowest BCUT2D eigenvalue weighted by Gasteiger charge is -2.38. The van der Waals surface area contributed by atoms with Gasteiger partial charge in [-0.15, -0.1) is 0 Å². The van der Waals surface area contributed by atoms with E-state index >= 15 is 0 Å². The molecule has 1 rings (SSSR count). The topological polar surface area (TPSA) is 78.9 Å². The molecule has 1 heterocycles. The lowest BCUT2D eigenvalue weighted by molar-refractivity contribution is -0.137. The van der Waals surface area contributed by atoms with Crippen LogP contribution >= 0.6 is 0 Å². The molecule has 1 aliphatic heterocycles. The number of nitrogens with one attached hydrogen (secondary N) is 1. The van der Waals surface area contributed by atoms with Crippen molar-refractivity contribution < 1.29 is 19.4 Å². The molecule has 1 saturated heterocycles. The molecule has 1 atom stereocenters. The first-order chi connectivity index (χ1) is 9.84. The van der Waals surface area contributed by atoms with Crippen LogP contribution in [0.4, 0.5) is 4.79 Å². The van der Waals surface area contributed by atoms with Gasteiger partial charge in [-0.25, -0.2) is 4.79 Å². The fraction of sp³-hybridized carbons (Fsp3) is 0.867. The van der Waals surface area contributed by atoms with E-state index in [9.17, 15) is 9.59 Å². The molecule has 1 fully saturated rings. The van der Waals surface area contributed by atoms with Gasteiger partial charge in [0.15, 0.2) is 0 Å². The van der Waals surface area contributed by atoms with Gasteiger partial charge in [-0.2, -0.15) is 0 Å². The number of urea groups is 1. The summed E-state index contributed by atoms with van der Waals surface area (Å²) in [4.78, 5) is 24.4. The number of rotatable bonds is 7. The summed E-state index contributed by atoms with van der Waals surface area (Å²) in [5.41, 5.74) is -0.289. The van der Waals surface area contributed by atoms with E-state index in [2.05, 4.69) is 12.2 Å². The highest BCUT2D eigenvalue weighted by Crippen LogP contribution is 2.17. The summed E-state index contributed by atoms with van der Waals surface area (Å²) >= 11 is 0. The Kier molecular flexibility index (Phi) is 6.95. The highest BCUT2D eigenvalue weighted by Gasteiger charge is 2.29. The Morgan fingerprint density at radius 1 is 1.38 bits per heavy atom.